The zero-order valence-electron chi connectivity index (χ0n) is 19.4. The summed E-state index contributed by atoms with van der Waals surface area (Å²) in [5.74, 6) is 0.937. The van der Waals surface area contributed by atoms with Crippen LogP contribution in [0.25, 0.3) is 0 Å². The van der Waals surface area contributed by atoms with Gasteiger partial charge in [-0.1, -0.05) is 45.9 Å². The summed E-state index contributed by atoms with van der Waals surface area (Å²) in [5.41, 5.74) is 0.971. The largest absolute Gasteiger partial charge is 0.492 e. The first-order valence-electron chi connectivity index (χ1n) is 11.5. The Kier molecular flexibility index (Phi) is 13.6. The van der Waals surface area contributed by atoms with Gasteiger partial charge in [0.15, 0.2) is 0 Å². The van der Waals surface area contributed by atoms with Crippen molar-refractivity contribution in [2.24, 2.45) is 0 Å². The second kappa shape index (κ2) is 15.7. The van der Waals surface area contributed by atoms with Gasteiger partial charge in [0.05, 0.1) is 0 Å². The summed E-state index contributed by atoms with van der Waals surface area (Å²) in [6.45, 7) is 14.0. The van der Waals surface area contributed by atoms with Crippen molar-refractivity contribution < 1.29 is 14.3 Å². The molecule has 6 nitrogen and oxygen atoms in total. The van der Waals surface area contributed by atoms with Crippen LogP contribution in [0.3, 0.4) is 0 Å². The van der Waals surface area contributed by atoms with E-state index in [1.54, 1.807) is 0 Å². The fourth-order valence-corrected chi connectivity index (χ4v) is 3.36. The zero-order valence-corrected chi connectivity index (χ0v) is 19.4. The lowest BCUT2D eigenvalue weighted by Crippen LogP contribution is -2.32. The number of para-hydroxylation sites is 1. The van der Waals surface area contributed by atoms with Crippen LogP contribution in [-0.2, 0) is 16.1 Å². The summed E-state index contributed by atoms with van der Waals surface area (Å²) in [6, 6.07) is 7.82. The molecule has 1 aromatic carbocycles. The maximum atomic E-state index is 12.3. The van der Waals surface area contributed by atoms with Gasteiger partial charge in [-0.3, -0.25) is 9.59 Å². The number of hydrogen-bond acceptors (Lipinski definition) is 4. The van der Waals surface area contributed by atoms with Gasteiger partial charge in [-0.15, -0.1) is 0 Å². The van der Waals surface area contributed by atoms with Crippen molar-refractivity contribution >= 4 is 11.8 Å². The molecule has 0 aliphatic carbocycles. The Hall–Kier alpha value is -2.08. The maximum Gasteiger partial charge on any atom is 0.222 e. The van der Waals surface area contributed by atoms with Crippen LogP contribution >= 0.6 is 0 Å². The zero-order chi connectivity index (χ0) is 22.2. The number of nitrogens with one attached hydrogen (secondary N) is 1. The first-order chi connectivity index (χ1) is 14.5. The van der Waals surface area contributed by atoms with E-state index in [-0.39, 0.29) is 11.8 Å². The highest BCUT2D eigenvalue weighted by molar-refractivity contribution is 5.79. The number of nitrogens with zero attached hydrogens (tertiary/aromatic N) is 2. The molecular formula is C24H41N3O3. The third-order valence-corrected chi connectivity index (χ3v) is 5.14. The molecular weight excluding hydrogens is 378 g/mol. The van der Waals surface area contributed by atoms with E-state index in [1.165, 1.54) is 0 Å². The summed E-state index contributed by atoms with van der Waals surface area (Å²) in [4.78, 5) is 28.7. The monoisotopic (exact) mass is 419 g/mol. The first kappa shape index (κ1) is 26.0. The lowest BCUT2D eigenvalue weighted by molar-refractivity contribution is -0.131. The average molecular weight is 420 g/mol. The summed E-state index contributed by atoms with van der Waals surface area (Å²) in [6.07, 6.45) is 3.29. The summed E-state index contributed by atoms with van der Waals surface area (Å²) < 4.78 is 5.95. The highest BCUT2D eigenvalue weighted by Crippen LogP contribution is 2.18. The van der Waals surface area contributed by atoms with Gasteiger partial charge < -0.3 is 19.9 Å². The summed E-state index contributed by atoms with van der Waals surface area (Å²) in [7, 11) is 0. The number of benzene rings is 1. The van der Waals surface area contributed by atoms with E-state index in [2.05, 4.69) is 37.9 Å². The Balaban J connectivity index is 2.39. The van der Waals surface area contributed by atoms with Crippen LogP contribution in [0.1, 0.15) is 65.4 Å². The molecule has 0 spiro atoms. The van der Waals surface area contributed by atoms with Crippen molar-refractivity contribution in [2.45, 2.75) is 66.3 Å². The third-order valence-electron chi connectivity index (χ3n) is 5.14. The van der Waals surface area contributed by atoms with Gasteiger partial charge in [0.1, 0.15) is 12.4 Å². The Morgan fingerprint density at radius 1 is 0.933 bits per heavy atom. The smallest absolute Gasteiger partial charge is 0.222 e. The molecule has 6 heteroatoms. The van der Waals surface area contributed by atoms with Gasteiger partial charge in [-0.2, -0.15) is 0 Å². The molecule has 0 aliphatic rings. The molecule has 170 valence electrons. The van der Waals surface area contributed by atoms with E-state index in [4.69, 9.17) is 4.74 Å². The van der Waals surface area contributed by atoms with E-state index >= 15 is 0 Å². The molecule has 0 unspecified atom stereocenters. The quantitative estimate of drug-likeness (QED) is 0.442. The Morgan fingerprint density at radius 2 is 1.60 bits per heavy atom. The molecule has 30 heavy (non-hydrogen) atoms. The molecule has 0 saturated heterocycles. The summed E-state index contributed by atoms with van der Waals surface area (Å²) in [5, 5.41) is 2.96. The number of carbonyl (C=O) groups excluding carboxylic acids is 2. The van der Waals surface area contributed by atoms with E-state index in [1.807, 2.05) is 29.2 Å². The second-order valence-corrected chi connectivity index (χ2v) is 7.49. The number of likely N-dealkylation sites (N-methyl/N-ethyl adjacent to an activating group) is 1. The molecule has 1 rings (SSSR count). The van der Waals surface area contributed by atoms with E-state index in [0.29, 0.717) is 32.4 Å². The molecule has 0 atom stereocenters. The van der Waals surface area contributed by atoms with Crippen LogP contribution in [0.4, 0.5) is 0 Å². The number of rotatable bonds is 16. The Labute approximate surface area is 183 Å². The fourth-order valence-electron chi connectivity index (χ4n) is 3.36. The van der Waals surface area contributed by atoms with E-state index < -0.39 is 0 Å². The predicted octanol–water partition coefficient (Wildman–Crippen LogP) is 3.84. The van der Waals surface area contributed by atoms with Crippen molar-refractivity contribution in [3.63, 3.8) is 0 Å². The molecule has 1 aromatic rings. The van der Waals surface area contributed by atoms with Crippen LogP contribution in [0.5, 0.6) is 5.75 Å². The van der Waals surface area contributed by atoms with Crippen LogP contribution < -0.4 is 10.1 Å². The van der Waals surface area contributed by atoms with Crippen molar-refractivity contribution in [3.05, 3.63) is 29.8 Å². The van der Waals surface area contributed by atoms with Crippen molar-refractivity contribution in [2.75, 3.05) is 39.3 Å². The Morgan fingerprint density at radius 3 is 2.23 bits per heavy atom. The minimum atomic E-state index is -0.0294. The van der Waals surface area contributed by atoms with Crippen LogP contribution in [0.2, 0.25) is 0 Å². The van der Waals surface area contributed by atoms with Gasteiger partial charge in [-0.05, 0) is 38.4 Å². The molecule has 0 radical (unpaired) electrons. The van der Waals surface area contributed by atoms with Crippen LogP contribution in [0, 0.1) is 0 Å². The summed E-state index contributed by atoms with van der Waals surface area (Å²) >= 11 is 0. The molecule has 2 amide bonds. The van der Waals surface area contributed by atoms with E-state index in [9.17, 15) is 9.59 Å². The number of ether oxygens (including phenoxy) is 1. The van der Waals surface area contributed by atoms with Crippen LogP contribution in [-0.4, -0.2) is 60.9 Å². The molecule has 0 bridgehead atoms. The van der Waals surface area contributed by atoms with Gasteiger partial charge in [0.2, 0.25) is 11.8 Å². The number of amides is 2. The lowest BCUT2D eigenvalue weighted by atomic mass is 10.1. The topological polar surface area (TPSA) is 61.9 Å². The van der Waals surface area contributed by atoms with Crippen LogP contribution in [0.15, 0.2) is 24.3 Å². The molecule has 0 aromatic heterocycles. The second-order valence-electron chi connectivity index (χ2n) is 7.49. The number of carbonyl (C=O) groups is 2. The molecule has 1 N–H and O–H groups in total. The normalized spacial score (nSPS) is 10.8. The SMILES string of the molecule is CCCN(CCC)C(=O)CCCC(=O)NCc1ccccc1OCCN(CC)CC. The molecule has 0 aliphatic heterocycles. The molecule has 0 heterocycles. The van der Waals surface area contributed by atoms with Gasteiger partial charge >= 0.3 is 0 Å². The highest BCUT2D eigenvalue weighted by atomic mass is 16.5. The van der Waals surface area contributed by atoms with E-state index in [0.717, 1.165) is 56.9 Å². The molecule has 0 fully saturated rings. The Bertz CT molecular complexity index is 611. The van der Waals surface area contributed by atoms with Gasteiger partial charge in [0.25, 0.3) is 0 Å². The highest BCUT2D eigenvalue weighted by Gasteiger charge is 2.12. The van der Waals surface area contributed by atoms with Crippen molar-refractivity contribution in [3.8, 4) is 5.75 Å². The van der Waals surface area contributed by atoms with Crippen molar-refractivity contribution in [1.29, 1.82) is 0 Å². The minimum Gasteiger partial charge on any atom is -0.492 e. The fraction of sp³-hybridized carbons (Fsp3) is 0.667. The predicted molar refractivity (Wildman–Crippen MR) is 123 cm³/mol. The molecule has 0 saturated carbocycles. The lowest BCUT2D eigenvalue weighted by Gasteiger charge is -2.21. The first-order valence-corrected chi connectivity index (χ1v) is 11.5. The third kappa shape index (κ3) is 10.1. The minimum absolute atomic E-state index is 0.0294. The van der Waals surface area contributed by atoms with Crippen molar-refractivity contribution in [1.82, 2.24) is 15.1 Å². The van der Waals surface area contributed by atoms with Gasteiger partial charge in [0, 0.05) is 44.6 Å². The number of hydrogen-bond donors (Lipinski definition) is 1. The average Bonchev–Trinajstić information content (AvgIpc) is 2.75. The standard InChI is InChI=1S/C24H41N3O3/c1-5-16-27(17-6-2)24(29)15-11-14-23(28)25-20-21-12-9-10-13-22(21)30-19-18-26(7-3)8-4/h9-10,12-13H,5-8,11,14-20H2,1-4H3,(H,25,28). The van der Waals surface area contributed by atoms with Gasteiger partial charge in [-0.25, -0.2) is 0 Å². The maximum absolute atomic E-state index is 12.3.